The number of carbonyl (C=O) groups is 3. The van der Waals surface area contributed by atoms with E-state index in [1.54, 1.807) is 36.4 Å². The normalized spacial score (nSPS) is 15.0. The molecule has 0 spiro atoms. The molecule has 0 radical (unpaired) electrons. The second kappa shape index (κ2) is 9.02. The van der Waals surface area contributed by atoms with Crippen LogP contribution in [0.3, 0.4) is 0 Å². The molecular formula is C19H13Cl2IN2O5. The Morgan fingerprint density at radius 3 is 2.62 bits per heavy atom. The Bertz CT molecular complexity index is 1040. The first-order valence-electron chi connectivity index (χ1n) is 8.17. The molecule has 10 heteroatoms. The van der Waals surface area contributed by atoms with Gasteiger partial charge in [-0.25, -0.2) is 9.69 Å². The van der Waals surface area contributed by atoms with Gasteiger partial charge in [0.2, 0.25) is 0 Å². The summed E-state index contributed by atoms with van der Waals surface area (Å²) in [6.07, 6.45) is 1.48. The van der Waals surface area contributed by atoms with Gasteiger partial charge in [-0.3, -0.25) is 9.59 Å². The number of urea groups is 1. The second-order valence-corrected chi connectivity index (χ2v) is 7.99. The van der Waals surface area contributed by atoms with E-state index in [2.05, 4.69) is 27.9 Å². The van der Waals surface area contributed by atoms with Gasteiger partial charge in [0.25, 0.3) is 5.91 Å². The number of imide groups is 1. The van der Waals surface area contributed by atoms with E-state index < -0.39 is 24.5 Å². The molecule has 0 aromatic heterocycles. The zero-order valence-electron chi connectivity index (χ0n) is 14.6. The van der Waals surface area contributed by atoms with Crippen LogP contribution in [0.4, 0.5) is 4.79 Å². The molecule has 29 heavy (non-hydrogen) atoms. The number of nitrogens with zero attached hydrogens (tertiary/aromatic N) is 1. The van der Waals surface area contributed by atoms with Crippen LogP contribution in [0.25, 0.3) is 6.08 Å². The summed E-state index contributed by atoms with van der Waals surface area (Å²) >= 11 is 14.1. The molecule has 3 rings (SSSR count). The first-order valence-corrected chi connectivity index (χ1v) is 10.0. The van der Waals surface area contributed by atoms with E-state index in [9.17, 15) is 14.4 Å². The Morgan fingerprint density at radius 1 is 1.21 bits per heavy atom. The Morgan fingerprint density at radius 2 is 1.97 bits per heavy atom. The summed E-state index contributed by atoms with van der Waals surface area (Å²) in [4.78, 5) is 35.3. The van der Waals surface area contributed by atoms with Crippen LogP contribution in [0.15, 0.2) is 42.1 Å². The van der Waals surface area contributed by atoms with Crippen molar-refractivity contribution < 1.29 is 24.2 Å². The summed E-state index contributed by atoms with van der Waals surface area (Å²) in [5.74, 6) is -1.34. The highest BCUT2D eigenvalue weighted by Gasteiger charge is 2.34. The van der Waals surface area contributed by atoms with Crippen molar-refractivity contribution >= 4 is 69.8 Å². The predicted molar refractivity (Wildman–Crippen MR) is 116 cm³/mol. The van der Waals surface area contributed by atoms with Gasteiger partial charge in [0.15, 0.2) is 0 Å². The van der Waals surface area contributed by atoms with Crippen LogP contribution in [0.1, 0.15) is 11.1 Å². The summed E-state index contributed by atoms with van der Waals surface area (Å²) in [5, 5.41) is 12.2. The summed E-state index contributed by atoms with van der Waals surface area (Å²) < 4.78 is 6.58. The Balaban J connectivity index is 1.72. The highest BCUT2D eigenvalue weighted by molar-refractivity contribution is 14.1. The van der Waals surface area contributed by atoms with Crippen LogP contribution in [-0.2, 0) is 16.2 Å². The molecule has 3 amide bonds. The van der Waals surface area contributed by atoms with Gasteiger partial charge in [-0.05, 0) is 58.5 Å². The van der Waals surface area contributed by atoms with Gasteiger partial charge in [0, 0.05) is 15.6 Å². The van der Waals surface area contributed by atoms with Crippen molar-refractivity contribution in [3.8, 4) is 5.75 Å². The fourth-order valence-electron chi connectivity index (χ4n) is 2.54. The maximum atomic E-state index is 12.2. The molecule has 1 fully saturated rings. The average Bonchev–Trinajstić information content (AvgIpc) is 2.89. The number of halogens is 3. The number of carboxylic acids is 1. The molecule has 1 aliphatic heterocycles. The second-order valence-electron chi connectivity index (χ2n) is 5.99. The lowest BCUT2D eigenvalue weighted by Crippen LogP contribution is -2.35. The standard InChI is InChI=1S/C19H13Cl2IN2O5/c20-12-3-2-11(13(21)7-12)9-29-16-4-1-10(5-14(16)22)6-15-18(27)24(8-17(25)26)19(28)23-15/h1-7H,8-9H2,(H,23,28)(H,25,26)/b15-6+. The molecule has 2 N–H and O–H groups in total. The molecule has 150 valence electrons. The van der Waals surface area contributed by atoms with Gasteiger partial charge in [-0.2, -0.15) is 0 Å². The van der Waals surface area contributed by atoms with Crippen LogP contribution in [0, 0.1) is 3.57 Å². The zero-order chi connectivity index (χ0) is 21.1. The molecule has 1 saturated heterocycles. The fourth-order valence-corrected chi connectivity index (χ4v) is 3.69. The van der Waals surface area contributed by atoms with E-state index in [-0.39, 0.29) is 12.3 Å². The quantitative estimate of drug-likeness (QED) is 0.322. The lowest BCUT2D eigenvalue weighted by molar-refractivity contribution is -0.140. The van der Waals surface area contributed by atoms with E-state index in [1.165, 1.54) is 6.08 Å². The molecule has 0 bridgehead atoms. The number of ether oxygens (including phenoxy) is 1. The van der Waals surface area contributed by atoms with Crippen molar-refractivity contribution in [1.29, 1.82) is 0 Å². The molecule has 2 aromatic rings. The van der Waals surface area contributed by atoms with Crippen LogP contribution < -0.4 is 10.1 Å². The monoisotopic (exact) mass is 546 g/mol. The Hall–Kier alpha value is -2.30. The molecular weight excluding hydrogens is 534 g/mol. The van der Waals surface area contributed by atoms with Crippen molar-refractivity contribution in [2.24, 2.45) is 0 Å². The summed E-state index contributed by atoms with van der Waals surface area (Å²) in [5.41, 5.74) is 1.44. The molecule has 0 saturated carbocycles. The van der Waals surface area contributed by atoms with E-state index in [4.69, 9.17) is 33.0 Å². The highest BCUT2D eigenvalue weighted by atomic mass is 127. The van der Waals surface area contributed by atoms with Crippen molar-refractivity contribution in [3.05, 3.63) is 66.8 Å². The third-order valence-electron chi connectivity index (χ3n) is 3.92. The summed E-state index contributed by atoms with van der Waals surface area (Å²) in [6, 6.07) is 9.61. The minimum Gasteiger partial charge on any atom is -0.488 e. The Labute approximate surface area is 189 Å². The number of carbonyl (C=O) groups excluding carboxylic acids is 2. The summed E-state index contributed by atoms with van der Waals surface area (Å²) in [7, 11) is 0. The van der Waals surface area contributed by atoms with Gasteiger partial charge < -0.3 is 15.2 Å². The van der Waals surface area contributed by atoms with Crippen molar-refractivity contribution in [2.75, 3.05) is 6.54 Å². The number of rotatable bonds is 6. The largest absolute Gasteiger partial charge is 0.488 e. The first-order chi connectivity index (χ1) is 13.7. The maximum Gasteiger partial charge on any atom is 0.329 e. The number of nitrogens with one attached hydrogen (secondary N) is 1. The lowest BCUT2D eigenvalue weighted by Gasteiger charge is -2.10. The number of benzene rings is 2. The topological polar surface area (TPSA) is 95.9 Å². The van der Waals surface area contributed by atoms with E-state index in [1.807, 2.05) is 0 Å². The van der Waals surface area contributed by atoms with Gasteiger partial charge in [0.05, 0.1) is 3.57 Å². The lowest BCUT2D eigenvalue weighted by atomic mass is 10.2. The molecule has 0 unspecified atom stereocenters. The van der Waals surface area contributed by atoms with Crippen molar-refractivity contribution in [1.82, 2.24) is 10.2 Å². The fraction of sp³-hybridized carbons (Fsp3) is 0.105. The third-order valence-corrected chi connectivity index (χ3v) is 5.35. The predicted octanol–water partition coefficient (Wildman–Crippen LogP) is 4.15. The van der Waals surface area contributed by atoms with Crippen LogP contribution in [-0.4, -0.2) is 34.5 Å². The third kappa shape index (κ3) is 5.20. The van der Waals surface area contributed by atoms with Gasteiger partial charge in [-0.15, -0.1) is 0 Å². The van der Waals surface area contributed by atoms with E-state index in [0.717, 1.165) is 9.13 Å². The zero-order valence-corrected chi connectivity index (χ0v) is 18.3. The minimum absolute atomic E-state index is 0.00802. The van der Waals surface area contributed by atoms with Crippen LogP contribution in [0.2, 0.25) is 10.0 Å². The number of aliphatic carboxylic acids is 1. The van der Waals surface area contributed by atoms with Crippen molar-refractivity contribution in [2.45, 2.75) is 6.61 Å². The number of hydrogen-bond acceptors (Lipinski definition) is 4. The first kappa shape index (κ1) is 21.4. The van der Waals surface area contributed by atoms with Crippen LogP contribution >= 0.6 is 45.8 Å². The van der Waals surface area contributed by atoms with E-state index >= 15 is 0 Å². The van der Waals surface area contributed by atoms with Crippen LogP contribution in [0.5, 0.6) is 5.75 Å². The smallest absolute Gasteiger partial charge is 0.329 e. The van der Waals surface area contributed by atoms with Crippen molar-refractivity contribution in [3.63, 3.8) is 0 Å². The van der Waals surface area contributed by atoms with E-state index in [0.29, 0.717) is 26.3 Å². The molecule has 7 nitrogen and oxygen atoms in total. The number of amides is 3. The minimum atomic E-state index is -1.27. The molecule has 1 aliphatic rings. The molecule has 0 atom stereocenters. The molecule has 0 aliphatic carbocycles. The van der Waals surface area contributed by atoms with Gasteiger partial charge >= 0.3 is 12.0 Å². The maximum absolute atomic E-state index is 12.2. The van der Waals surface area contributed by atoms with Gasteiger partial charge in [-0.1, -0.05) is 35.3 Å². The molecule has 1 heterocycles. The highest BCUT2D eigenvalue weighted by Crippen LogP contribution is 2.27. The van der Waals surface area contributed by atoms with Gasteiger partial charge in [0.1, 0.15) is 24.6 Å². The molecule has 2 aromatic carbocycles. The summed E-state index contributed by atoms with van der Waals surface area (Å²) in [6.45, 7) is -0.440. The average molecular weight is 547 g/mol. The number of carboxylic acid groups (broad SMARTS) is 1. The SMILES string of the molecule is O=C(O)CN1C(=O)N/C(=C/c2ccc(OCc3ccc(Cl)cc3Cl)c(I)c2)C1=O. The number of hydrogen-bond donors (Lipinski definition) is 2. The Kier molecular flexibility index (Phi) is 6.66.